The van der Waals surface area contributed by atoms with E-state index in [9.17, 15) is 14.7 Å². The number of anilines is 1. The highest BCUT2D eigenvalue weighted by Crippen LogP contribution is 2.35. The van der Waals surface area contributed by atoms with Crippen molar-refractivity contribution in [1.82, 2.24) is 5.32 Å². The normalized spacial score (nSPS) is 18.0. The fourth-order valence-electron chi connectivity index (χ4n) is 3.21. The molecule has 0 radical (unpaired) electrons. The molecular weight excluding hydrogens is 292 g/mol. The van der Waals surface area contributed by atoms with Crippen LogP contribution >= 0.6 is 0 Å². The van der Waals surface area contributed by atoms with Gasteiger partial charge in [-0.2, -0.15) is 0 Å². The SMILES string of the molecule is CCC(CC)C(O)CNC(=O)C(=O)N1CC(C)c2ccccc21. The van der Waals surface area contributed by atoms with E-state index in [0.29, 0.717) is 6.54 Å². The van der Waals surface area contributed by atoms with Gasteiger partial charge in [-0.1, -0.05) is 51.8 Å². The zero-order valence-electron chi connectivity index (χ0n) is 14.1. The predicted octanol–water partition coefficient (Wildman–Crippen LogP) is 2.05. The second kappa shape index (κ2) is 7.59. The van der Waals surface area contributed by atoms with Crippen LogP contribution in [0.1, 0.15) is 45.1 Å². The van der Waals surface area contributed by atoms with E-state index in [1.807, 2.05) is 45.0 Å². The van der Waals surface area contributed by atoms with Crippen LogP contribution in [0.5, 0.6) is 0 Å². The molecule has 126 valence electrons. The van der Waals surface area contributed by atoms with Crippen molar-refractivity contribution >= 4 is 17.5 Å². The Balaban J connectivity index is 1.98. The molecular formula is C18H26N2O3. The third kappa shape index (κ3) is 3.72. The Morgan fingerprint density at radius 3 is 2.61 bits per heavy atom. The Kier molecular flexibility index (Phi) is 5.77. The number of hydrogen-bond acceptors (Lipinski definition) is 3. The molecule has 5 nitrogen and oxygen atoms in total. The molecule has 2 atom stereocenters. The highest BCUT2D eigenvalue weighted by atomic mass is 16.3. The number of carbonyl (C=O) groups is 2. The van der Waals surface area contributed by atoms with Crippen molar-refractivity contribution in [2.45, 2.75) is 45.6 Å². The van der Waals surface area contributed by atoms with E-state index < -0.39 is 17.9 Å². The Morgan fingerprint density at radius 1 is 1.30 bits per heavy atom. The van der Waals surface area contributed by atoms with Crippen LogP contribution in [0.4, 0.5) is 5.69 Å². The summed E-state index contributed by atoms with van der Waals surface area (Å²) in [5.74, 6) is -0.853. The number of carbonyl (C=O) groups excluding carboxylic acids is 2. The number of benzene rings is 1. The molecule has 1 aliphatic rings. The van der Waals surface area contributed by atoms with Crippen molar-refractivity contribution in [2.75, 3.05) is 18.0 Å². The molecule has 23 heavy (non-hydrogen) atoms. The Morgan fingerprint density at radius 2 is 1.96 bits per heavy atom. The van der Waals surface area contributed by atoms with Crippen LogP contribution in [0.15, 0.2) is 24.3 Å². The van der Waals surface area contributed by atoms with Crippen LogP contribution in [0.2, 0.25) is 0 Å². The summed E-state index contributed by atoms with van der Waals surface area (Å²) in [5, 5.41) is 12.6. The smallest absolute Gasteiger partial charge is 0.316 e. The Hall–Kier alpha value is -1.88. The lowest BCUT2D eigenvalue weighted by Crippen LogP contribution is -2.45. The number of fused-ring (bicyclic) bond motifs is 1. The number of aliphatic hydroxyl groups is 1. The maximum atomic E-state index is 12.4. The second-order valence-electron chi connectivity index (χ2n) is 6.23. The van der Waals surface area contributed by atoms with Crippen LogP contribution in [0, 0.1) is 5.92 Å². The van der Waals surface area contributed by atoms with Gasteiger partial charge in [0.15, 0.2) is 0 Å². The first-order chi connectivity index (χ1) is 11.0. The number of hydrogen-bond donors (Lipinski definition) is 2. The third-order valence-electron chi connectivity index (χ3n) is 4.72. The molecule has 1 heterocycles. The van der Waals surface area contributed by atoms with Gasteiger partial charge in [0.05, 0.1) is 6.10 Å². The highest BCUT2D eigenvalue weighted by molar-refractivity contribution is 6.40. The van der Waals surface area contributed by atoms with Crippen molar-refractivity contribution in [2.24, 2.45) is 5.92 Å². The first-order valence-electron chi connectivity index (χ1n) is 8.36. The number of rotatable bonds is 5. The Bertz CT molecular complexity index is 569. The van der Waals surface area contributed by atoms with E-state index in [4.69, 9.17) is 0 Å². The van der Waals surface area contributed by atoms with E-state index in [1.54, 1.807) is 0 Å². The highest BCUT2D eigenvalue weighted by Gasteiger charge is 2.33. The van der Waals surface area contributed by atoms with Crippen molar-refractivity contribution < 1.29 is 14.7 Å². The number of amides is 2. The van der Waals surface area contributed by atoms with Crippen LogP contribution in [-0.4, -0.2) is 36.1 Å². The Labute approximate surface area is 137 Å². The van der Waals surface area contributed by atoms with Gasteiger partial charge in [-0.25, -0.2) is 0 Å². The first-order valence-corrected chi connectivity index (χ1v) is 8.36. The molecule has 0 aliphatic carbocycles. The van der Waals surface area contributed by atoms with Gasteiger partial charge in [-0.05, 0) is 17.5 Å². The lowest BCUT2D eigenvalue weighted by molar-refractivity contribution is -0.137. The number of aliphatic hydroxyl groups excluding tert-OH is 1. The number of nitrogens with one attached hydrogen (secondary N) is 1. The number of para-hydroxylation sites is 1. The summed E-state index contributed by atoms with van der Waals surface area (Å²) in [6.07, 6.45) is 1.07. The molecule has 1 aliphatic heterocycles. The summed E-state index contributed by atoms with van der Waals surface area (Å²) in [4.78, 5) is 26.1. The minimum Gasteiger partial charge on any atom is -0.391 e. The fourth-order valence-corrected chi connectivity index (χ4v) is 3.21. The van der Waals surface area contributed by atoms with Gasteiger partial charge in [0.2, 0.25) is 0 Å². The molecule has 2 rings (SSSR count). The maximum Gasteiger partial charge on any atom is 0.316 e. The van der Waals surface area contributed by atoms with Gasteiger partial charge < -0.3 is 15.3 Å². The predicted molar refractivity (Wildman–Crippen MR) is 90.3 cm³/mol. The molecule has 0 spiro atoms. The molecule has 2 N–H and O–H groups in total. The summed E-state index contributed by atoms with van der Waals surface area (Å²) in [5.41, 5.74) is 1.89. The molecule has 1 aromatic carbocycles. The quantitative estimate of drug-likeness (QED) is 0.816. The largest absolute Gasteiger partial charge is 0.391 e. The van der Waals surface area contributed by atoms with Gasteiger partial charge in [0.25, 0.3) is 0 Å². The van der Waals surface area contributed by atoms with Gasteiger partial charge in [0, 0.05) is 24.7 Å². The minimum atomic E-state index is -0.654. The average Bonchev–Trinajstić information content (AvgIpc) is 2.90. The van der Waals surface area contributed by atoms with E-state index in [-0.39, 0.29) is 18.4 Å². The van der Waals surface area contributed by atoms with Crippen LogP contribution < -0.4 is 10.2 Å². The lowest BCUT2D eigenvalue weighted by Gasteiger charge is -2.21. The summed E-state index contributed by atoms with van der Waals surface area (Å²) in [6, 6.07) is 7.66. The molecule has 2 unspecified atom stereocenters. The van der Waals surface area contributed by atoms with Crippen molar-refractivity contribution in [3.8, 4) is 0 Å². The third-order valence-corrected chi connectivity index (χ3v) is 4.72. The molecule has 0 fully saturated rings. The van der Waals surface area contributed by atoms with Gasteiger partial charge in [-0.15, -0.1) is 0 Å². The van der Waals surface area contributed by atoms with E-state index in [1.165, 1.54) is 4.90 Å². The summed E-state index contributed by atoms with van der Waals surface area (Å²) in [7, 11) is 0. The maximum absolute atomic E-state index is 12.4. The van der Waals surface area contributed by atoms with Crippen molar-refractivity contribution in [3.63, 3.8) is 0 Å². The molecule has 0 bridgehead atoms. The molecule has 5 heteroatoms. The molecule has 0 saturated carbocycles. The molecule has 2 amide bonds. The standard InChI is InChI=1S/C18H26N2O3/c1-4-13(5-2)16(21)10-19-17(22)18(23)20-11-12(3)14-8-6-7-9-15(14)20/h6-9,12-13,16,21H,4-5,10-11H2,1-3H3,(H,19,22). The second-order valence-corrected chi connectivity index (χ2v) is 6.23. The summed E-state index contributed by atoms with van der Waals surface area (Å²) >= 11 is 0. The van der Waals surface area contributed by atoms with Crippen LogP contribution in [0.3, 0.4) is 0 Å². The van der Waals surface area contributed by atoms with Gasteiger partial charge in [-0.3, -0.25) is 9.59 Å². The average molecular weight is 318 g/mol. The summed E-state index contributed by atoms with van der Waals surface area (Å²) in [6.45, 7) is 6.68. The molecule has 0 aromatic heterocycles. The monoisotopic (exact) mass is 318 g/mol. The van der Waals surface area contributed by atoms with Gasteiger partial charge in [0.1, 0.15) is 0 Å². The lowest BCUT2D eigenvalue weighted by atomic mass is 9.96. The molecule has 0 saturated heterocycles. The van der Waals surface area contributed by atoms with Crippen LogP contribution in [-0.2, 0) is 9.59 Å². The van der Waals surface area contributed by atoms with Crippen molar-refractivity contribution in [1.29, 1.82) is 0 Å². The topological polar surface area (TPSA) is 69.6 Å². The zero-order chi connectivity index (χ0) is 17.0. The zero-order valence-corrected chi connectivity index (χ0v) is 14.1. The fraction of sp³-hybridized carbons (Fsp3) is 0.556. The van der Waals surface area contributed by atoms with E-state index in [0.717, 1.165) is 24.1 Å². The van der Waals surface area contributed by atoms with Gasteiger partial charge >= 0.3 is 11.8 Å². The summed E-state index contributed by atoms with van der Waals surface area (Å²) < 4.78 is 0. The molecule has 1 aromatic rings. The first kappa shape index (κ1) is 17.5. The van der Waals surface area contributed by atoms with E-state index >= 15 is 0 Å². The van der Waals surface area contributed by atoms with E-state index in [2.05, 4.69) is 5.32 Å². The van der Waals surface area contributed by atoms with Crippen LogP contribution in [0.25, 0.3) is 0 Å². The minimum absolute atomic E-state index is 0.113. The van der Waals surface area contributed by atoms with Crippen molar-refractivity contribution in [3.05, 3.63) is 29.8 Å². The number of nitrogens with zero attached hydrogens (tertiary/aromatic N) is 1.